The van der Waals surface area contributed by atoms with E-state index in [1.807, 2.05) is 30.3 Å². The number of hydrogen-bond donors (Lipinski definition) is 2. The minimum atomic E-state index is -1.24. The van der Waals surface area contributed by atoms with E-state index < -0.39 is 18.2 Å². The summed E-state index contributed by atoms with van der Waals surface area (Å²) < 4.78 is 5.16. The number of hydrogen-bond acceptors (Lipinski definition) is 5. The maximum absolute atomic E-state index is 12.3. The number of carbonyl (C=O) groups is 3. The Morgan fingerprint density at radius 1 is 1.35 bits per heavy atom. The van der Waals surface area contributed by atoms with Gasteiger partial charge >= 0.3 is 12.2 Å². The van der Waals surface area contributed by atoms with Crippen molar-refractivity contribution in [1.29, 1.82) is 0 Å². The Morgan fingerprint density at radius 2 is 2.04 bits per heavy atom. The zero-order chi connectivity index (χ0) is 19.1. The minimum absolute atomic E-state index is 0.0127. The number of amides is 2. The average molecular weight is 361 g/mol. The van der Waals surface area contributed by atoms with Crippen molar-refractivity contribution >= 4 is 18.0 Å². The quantitative estimate of drug-likeness (QED) is 0.796. The van der Waals surface area contributed by atoms with Crippen molar-refractivity contribution in [2.75, 3.05) is 20.6 Å². The predicted molar refractivity (Wildman–Crippen MR) is 94.3 cm³/mol. The highest BCUT2D eigenvalue weighted by atomic mass is 16.5. The molecule has 1 fully saturated rings. The van der Waals surface area contributed by atoms with Crippen LogP contribution in [-0.4, -0.2) is 59.6 Å². The van der Waals surface area contributed by atoms with Gasteiger partial charge in [-0.15, -0.1) is 0 Å². The number of ketones is 1. The van der Waals surface area contributed by atoms with Gasteiger partial charge in [0.2, 0.25) is 0 Å². The van der Waals surface area contributed by atoms with E-state index in [4.69, 9.17) is 4.74 Å². The van der Waals surface area contributed by atoms with Gasteiger partial charge in [-0.25, -0.2) is 9.59 Å². The standard InChI is InChI=1S/C18H23N3O5/c1-20(2)11-15-16(22)9-8-14(10-21(15)18(24)25)19-17(23)26-12-13-6-4-3-5-7-13/h3-7,11,14H,8-10,12H2,1-2H3,(H,19,23)(H,24,25). The first kappa shape index (κ1) is 19.3. The number of carbonyl (C=O) groups excluding carboxylic acids is 2. The van der Waals surface area contributed by atoms with Crippen LogP contribution in [0.15, 0.2) is 42.2 Å². The van der Waals surface area contributed by atoms with Crippen molar-refractivity contribution in [2.45, 2.75) is 25.5 Å². The molecule has 8 nitrogen and oxygen atoms in total. The first-order valence-electron chi connectivity index (χ1n) is 8.26. The maximum atomic E-state index is 12.3. The van der Waals surface area contributed by atoms with E-state index in [0.29, 0.717) is 6.42 Å². The molecule has 0 saturated carbocycles. The molecular formula is C18H23N3O5. The van der Waals surface area contributed by atoms with Crippen molar-refractivity contribution in [3.8, 4) is 0 Å². The Kier molecular flexibility index (Phi) is 6.60. The van der Waals surface area contributed by atoms with Gasteiger partial charge in [0.05, 0.1) is 6.04 Å². The number of Topliss-reactive ketones (excluding diaryl/α,β-unsaturated/α-hetero) is 1. The number of allylic oxidation sites excluding steroid dienone is 1. The molecule has 1 aliphatic heterocycles. The molecule has 1 aromatic carbocycles. The number of likely N-dealkylation sites (tertiary alicyclic amines) is 1. The summed E-state index contributed by atoms with van der Waals surface area (Å²) >= 11 is 0. The van der Waals surface area contributed by atoms with E-state index >= 15 is 0 Å². The Morgan fingerprint density at radius 3 is 2.65 bits per heavy atom. The fourth-order valence-electron chi connectivity index (χ4n) is 2.61. The Balaban J connectivity index is 2.00. The SMILES string of the molecule is CN(C)C=C1C(=O)CCC(NC(=O)OCc2ccccc2)CN1C(=O)O. The number of nitrogens with zero attached hydrogens (tertiary/aromatic N) is 2. The second kappa shape index (κ2) is 8.89. The molecule has 1 atom stereocenters. The molecule has 0 aromatic heterocycles. The largest absolute Gasteiger partial charge is 0.465 e. The zero-order valence-electron chi connectivity index (χ0n) is 14.8. The molecule has 1 aromatic rings. The van der Waals surface area contributed by atoms with Crippen LogP contribution in [0.2, 0.25) is 0 Å². The molecule has 0 aliphatic carbocycles. The van der Waals surface area contributed by atoms with Gasteiger partial charge in [0.25, 0.3) is 0 Å². The number of benzene rings is 1. The highest BCUT2D eigenvalue weighted by Gasteiger charge is 2.31. The first-order chi connectivity index (χ1) is 12.4. The smallest absolute Gasteiger partial charge is 0.412 e. The fourth-order valence-corrected chi connectivity index (χ4v) is 2.61. The summed E-state index contributed by atoms with van der Waals surface area (Å²) in [4.78, 5) is 38.4. The molecule has 2 amide bonds. The number of alkyl carbamates (subject to hydrolysis) is 1. The summed E-state index contributed by atoms with van der Waals surface area (Å²) in [6, 6.07) is 8.72. The van der Waals surface area contributed by atoms with Crippen LogP contribution in [0, 0.1) is 0 Å². The third-order valence-corrected chi connectivity index (χ3v) is 3.85. The highest BCUT2D eigenvalue weighted by molar-refractivity contribution is 5.98. The zero-order valence-corrected chi connectivity index (χ0v) is 14.8. The monoisotopic (exact) mass is 361 g/mol. The molecule has 0 bridgehead atoms. The van der Waals surface area contributed by atoms with Gasteiger partial charge in [-0.05, 0) is 12.0 Å². The fraction of sp³-hybridized carbons (Fsp3) is 0.389. The lowest BCUT2D eigenvalue weighted by Crippen LogP contribution is -2.44. The lowest BCUT2D eigenvalue weighted by atomic mass is 10.1. The molecule has 8 heteroatoms. The normalized spacial score (nSPS) is 19.0. The van der Waals surface area contributed by atoms with Gasteiger partial charge in [-0.2, -0.15) is 0 Å². The van der Waals surface area contributed by atoms with Gasteiger partial charge in [-0.1, -0.05) is 30.3 Å². The van der Waals surface area contributed by atoms with Gasteiger partial charge in [0, 0.05) is 33.3 Å². The molecular weight excluding hydrogens is 338 g/mol. The maximum Gasteiger partial charge on any atom is 0.412 e. The van der Waals surface area contributed by atoms with Crippen LogP contribution in [0.25, 0.3) is 0 Å². The van der Waals surface area contributed by atoms with E-state index in [1.54, 1.807) is 19.0 Å². The summed E-state index contributed by atoms with van der Waals surface area (Å²) in [7, 11) is 3.42. The van der Waals surface area contributed by atoms with Crippen molar-refractivity contribution in [1.82, 2.24) is 15.1 Å². The first-order valence-corrected chi connectivity index (χ1v) is 8.26. The van der Waals surface area contributed by atoms with Crippen LogP contribution in [0.3, 0.4) is 0 Å². The third-order valence-electron chi connectivity index (χ3n) is 3.85. The number of ether oxygens (including phenoxy) is 1. The lowest BCUT2D eigenvalue weighted by molar-refractivity contribution is -0.116. The minimum Gasteiger partial charge on any atom is -0.465 e. The Labute approximate surface area is 152 Å². The Bertz CT molecular complexity index is 687. The summed E-state index contributed by atoms with van der Waals surface area (Å²) in [5.41, 5.74) is 0.950. The van der Waals surface area contributed by atoms with Crippen molar-refractivity contribution in [3.05, 3.63) is 47.8 Å². The molecule has 0 radical (unpaired) electrons. The number of rotatable bonds is 4. The summed E-state index contributed by atoms with van der Waals surface area (Å²) in [6.07, 6.45) is 0.0856. The molecule has 1 heterocycles. The van der Waals surface area contributed by atoms with E-state index in [2.05, 4.69) is 5.32 Å². The lowest BCUT2D eigenvalue weighted by Gasteiger charge is -2.24. The molecule has 1 saturated heterocycles. The molecule has 1 aliphatic rings. The molecule has 26 heavy (non-hydrogen) atoms. The number of carboxylic acid groups (broad SMARTS) is 1. The van der Waals surface area contributed by atoms with Crippen LogP contribution in [0.5, 0.6) is 0 Å². The van der Waals surface area contributed by atoms with E-state index in [9.17, 15) is 19.5 Å². The molecule has 140 valence electrons. The summed E-state index contributed by atoms with van der Waals surface area (Å²) in [5.74, 6) is -0.275. The summed E-state index contributed by atoms with van der Waals surface area (Å²) in [5, 5.41) is 12.1. The van der Waals surface area contributed by atoms with Crippen LogP contribution in [0.4, 0.5) is 9.59 Å². The van der Waals surface area contributed by atoms with Gasteiger partial charge in [-0.3, -0.25) is 9.69 Å². The Hall–Kier alpha value is -3.03. The highest BCUT2D eigenvalue weighted by Crippen LogP contribution is 2.18. The third kappa shape index (κ3) is 5.51. The van der Waals surface area contributed by atoms with Crippen molar-refractivity contribution < 1.29 is 24.2 Å². The van der Waals surface area contributed by atoms with Crippen LogP contribution in [-0.2, 0) is 16.1 Å². The van der Waals surface area contributed by atoms with Crippen LogP contribution < -0.4 is 5.32 Å². The van der Waals surface area contributed by atoms with Gasteiger partial charge in [0.1, 0.15) is 12.3 Å². The molecule has 2 N–H and O–H groups in total. The van der Waals surface area contributed by atoms with E-state index in [1.165, 1.54) is 6.20 Å². The summed E-state index contributed by atoms with van der Waals surface area (Å²) in [6.45, 7) is 0.105. The van der Waals surface area contributed by atoms with E-state index in [0.717, 1.165) is 10.5 Å². The predicted octanol–water partition coefficient (Wildman–Crippen LogP) is 2.03. The van der Waals surface area contributed by atoms with Crippen molar-refractivity contribution in [3.63, 3.8) is 0 Å². The molecule has 1 unspecified atom stereocenters. The second-order valence-electron chi connectivity index (χ2n) is 6.24. The average Bonchev–Trinajstić information content (AvgIpc) is 2.74. The van der Waals surface area contributed by atoms with Crippen LogP contribution >= 0.6 is 0 Å². The second-order valence-corrected chi connectivity index (χ2v) is 6.24. The number of nitrogens with one attached hydrogen (secondary N) is 1. The molecule has 2 rings (SSSR count). The van der Waals surface area contributed by atoms with Gasteiger partial charge < -0.3 is 20.1 Å². The van der Waals surface area contributed by atoms with Crippen molar-refractivity contribution in [2.24, 2.45) is 0 Å². The topological polar surface area (TPSA) is 99.2 Å². The molecule has 0 spiro atoms. The van der Waals surface area contributed by atoms with E-state index in [-0.39, 0.29) is 31.1 Å². The van der Waals surface area contributed by atoms with Crippen LogP contribution in [0.1, 0.15) is 18.4 Å². The van der Waals surface area contributed by atoms with Gasteiger partial charge in [0.15, 0.2) is 5.78 Å².